The highest BCUT2D eigenvalue weighted by molar-refractivity contribution is 7.97. The summed E-state index contributed by atoms with van der Waals surface area (Å²) in [6, 6.07) is 0. The van der Waals surface area contributed by atoms with Gasteiger partial charge in [0.1, 0.15) is 0 Å². The van der Waals surface area contributed by atoms with Gasteiger partial charge in [0.25, 0.3) is 0 Å². The Morgan fingerprint density at radius 3 is 2.53 bits per heavy atom. The fourth-order valence-electron chi connectivity index (χ4n) is 0.651. The van der Waals surface area contributed by atoms with Gasteiger partial charge in [-0.2, -0.15) is 30.2 Å². The van der Waals surface area contributed by atoms with Crippen molar-refractivity contribution in [1.82, 2.24) is 4.98 Å². The molecule has 1 aromatic rings. The van der Waals surface area contributed by atoms with E-state index in [0.29, 0.717) is 22.8 Å². The molecule has 15 heavy (non-hydrogen) atoms. The maximum Gasteiger partial charge on any atom is 0.443 e. The largest absolute Gasteiger partial charge is 0.443 e. The maximum atomic E-state index is 12.0. The van der Waals surface area contributed by atoms with Gasteiger partial charge < -0.3 is 5.73 Å². The molecule has 0 amide bonds. The van der Waals surface area contributed by atoms with Crippen molar-refractivity contribution >= 4 is 23.1 Å². The summed E-state index contributed by atoms with van der Waals surface area (Å²) < 4.78 is 35.9. The van der Waals surface area contributed by atoms with E-state index in [2.05, 4.69) is 10.7 Å². The third-order valence-corrected chi connectivity index (χ3v) is 2.61. The molecule has 0 radical (unpaired) electrons. The number of hydrogen-bond donors (Lipinski definition) is 1. The summed E-state index contributed by atoms with van der Waals surface area (Å²) in [4.78, 5) is 3.44. The van der Waals surface area contributed by atoms with Gasteiger partial charge in [-0.1, -0.05) is 0 Å². The Balaban J connectivity index is 0.000000583. The summed E-state index contributed by atoms with van der Waals surface area (Å²) in [6.45, 7) is 0. The minimum Gasteiger partial charge on any atom is -0.337 e. The lowest BCUT2D eigenvalue weighted by atomic mass is 10.6. The Hall–Kier alpha value is -0.940. The van der Waals surface area contributed by atoms with Crippen molar-refractivity contribution in [2.24, 2.45) is 5.73 Å². The molecule has 0 fully saturated rings. The molecule has 84 valence electrons. The zero-order chi connectivity index (χ0) is 11.9. The van der Waals surface area contributed by atoms with E-state index in [-0.39, 0.29) is 0 Å². The molecule has 0 atom stereocenters. The molecule has 1 heterocycles. The van der Waals surface area contributed by atoms with E-state index in [1.807, 2.05) is 6.26 Å². The van der Waals surface area contributed by atoms with Gasteiger partial charge in [-0.25, -0.2) is 4.98 Å². The van der Waals surface area contributed by atoms with Crippen LogP contribution in [0.5, 0.6) is 0 Å². The number of nitriles is 1. The van der Waals surface area contributed by atoms with Gasteiger partial charge >= 0.3 is 6.18 Å². The quantitative estimate of drug-likeness (QED) is 0.651. The number of alkyl halides is 3. The van der Waals surface area contributed by atoms with Gasteiger partial charge in [-0.3, -0.25) is 0 Å². The zero-order valence-corrected chi connectivity index (χ0v) is 9.34. The predicted octanol–water partition coefficient (Wildman–Crippen LogP) is 2.45. The van der Waals surface area contributed by atoms with E-state index in [1.165, 1.54) is 23.3 Å². The van der Waals surface area contributed by atoms with Crippen LogP contribution in [0.15, 0.2) is 5.38 Å². The average Bonchev–Trinajstić information content (AvgIpc) is 2.54. The molecule has 3 nitrogen and oxygen atoms in total. The van der Waals surface area contributed by atoms with Crippen LogP contribution in [0, 0.1) is 11.5 Å². The molecule has 0 aliphatic carbocycles. The smallest absolute Gasteiger partial charge is 0.337 e. The van der Waals surface area contributed by atoms with Gasteiger partial charge in [0.05, 0.1) is 5.69 Å². The predicted molar refractivity (Wildman–Crippen MR) is 54.1 cm³/mol. The molecular weight excluding hydrogens is 247 g/mol. The lowest BCUT2D eigenvalue weighted by Gasteiger charge is -1.98. The van der Waals surface area contributed by atoms with Crippen LogP contribution in [0.25, 0.3) is 0 Å². The Morgan fingerprint density at radius 1 is 1.67 bits per heavy atom. The summed E-state index contributed by atoms with van der Waals surface area (Å²) >= 11 is 2.10. The molecule has 0 saturated heterocycles. The molecule has 0 unspecified atom stereocenters. The number of hydrogen-bond acceptors (Lipinski definition) is 5. The maximum absolute atomic E-state index is 12.0. The molecule has 0 aliphatic rings. The standard InChI is InChI=1S/C6H6F3NS2.CH2N2/c1-11-2-4-3-12-5(10-4)6(7,8)9;2-1-3/h3H,2H2,1H3;2H2. The number of nitrogens with two attached hydrogens (primary N) is 1. The molecule has 0 saturated carbocycles. The lowest BCUT2D eigenvalue weighted by Crippen LogP contribution is -2.03. The van der Waals surface area contributed by atoms with Crippen LogP contribution in [0.1, 0.15) is 10.7 Å². The Labute approximate surface area is 93.1 Å². The second-order valence-corrected chi connectivity index (χ2v) is 3.93. The van der Waals surface area contributed by atoms with Gasteiger partial charge in [0, 0.05) is 11.1 Å². The molecule has 8 heteroatoms. The number of rotatable bonds is 2. The van der Waals surface area contributed by atoms with Gasteiger partial charge in [-0.15, -0.1) is 11.3 Å². The summed E-state index contributed by atoms with van der Waals surface area (Å²) in [6.07, 6.45) is -1.21. The summed E-state index contributed by atoms with van der Waals surface area (Å²) in [5, 5.41) is 7.78. The van der Waals surface area contributed by atoms with E-state index < -0.39 is 11.2 Å². The zero-order valence-electron chi connectivity index (χ0n) is 7.71. The van der Waals surface area contributed by atoms with Crippen LogP contribution in [0.2, 0.25) is 0 Å². The fraction of sp³-hybridized carbons (Fsp3) is 0.429. The topological polar surface area (TPSA) is 62.7 Å². The van der Waals surface area contributed by atoms with Crippen molar-refractivity contribution in [2.45, 2.75) is 11.9 Å². The fourth-order valence-corrected chi connectivity index (χ4v) is 1.89. The van der Waals surface area contributed by atoms with Crippen LogP contribution in [0.4, 0.5) is 13.2 Å². The van der Waals surface area contributed by atoms with Crippen molar-refractivity contribution in [1.29, 1.82) is 5.26 Å². The van der Waals surface area contributed by atoms with Crippen molar-refractivity contribution in [3.63, 3.8) is 0 Å². The summed E-state index contributed by atoms with van der Waals surface area (Å²) in [5.41, 5.74) is 4.65. The van der Waals surface area contributed by atoms with Crippen LogP contribution in [-0.4, -0.2) is 11.2 Å². The lowest BCUT2D eigenvalue weighted by molar-refractivity contribution is -0.137. The van der Waals surface area contributed by atoms with Gasteiger partial charge in [0.2, 0.25) is 0 Å². The summed E-state index contributed by atoms with van der Waals surface area (Å²) in [7, 11) is 0. The first kappa shape index (κ1) is 14.1. The van der Waals surface area contributed by atoms with Crippen molar-refractivity contribution in [3.05, 3.63) is 16.1 Å². The van der Waals surface area contributed by atoms with Crippen LogP contribution in [-0.2, 0) is 11.9 Å². The molecular formula is C7H8F3N3S2. The van der Waals surface area contributed by atoms with E-state index in [4.69, 9.17) is 5.26 Å². The third kappa shape index (κ3) is 5.49. The van der Waals surface area contributed by atoms with E-state index in [1.54, 1.807) is 0 Å². The second-order valence-electron chi connectivity index (χ2n) is 2.20. The van der Waals surface area contributed by atoms with Gasteiger partial charge in [-0.05, 0) is 6.26 Å². The number of halogens is 3. The van der Waals surface area contributed by atoms with Crippen molar-refractivity contribution in [2.75, 3.05) is 6.26 Å². The van der Waals surface area contributed by atoms with Crippen molar-refractivity contribution < 1.29 is 13.2 Å². The van der Waals surface area contributed by atoms with E-state index in [0.717, 1.165) is 0 Å². The Kier molecular flexibility index (Phi) is 6.12. The molecule has 0 aromatic carbocycles. The molecule has 0 aliphatic heterocycles. The first-order valence-corrected chi connectivity index (χ1v) is 5.83. The van der Waals surface area contributed by atoms with E-state index in [9.17, 15) is 13.2 Å². The molecule has 0 bridgehead atoms. The van der Waals surface area contributed by atoms with Crippen LogP contribution in [0.3, 0.4) is 0 Å². The molecule has 1 rings (SSSR count). The van der Waals surface area contributed by atoms with Crippen LogP contribution >= 0.6 is 23.1 Å². The number of thioether (sulfide) groups is 1. The summed E-state index contributed by atoms with van der Waals surface area (Å²) in [5.74, 6) is 0.534. The monoisotopic (exact) mass is 255 g/mol. The third-order valence-electron chi connectivity index (χ3n) is 1.09. The highest BCUT2D eigenvalue weighted by Gasteiger charge is 2.34. The first-order chi connectivity index (χ1) is 6.95. The molecule has 2 N–H and O–H groups in total. The first-order valence-electron chi connectivity index (χ1n) is 3.56. The van der Waals surface area contributed by atoms with E-state index >= 15 is 0 Å². The normalized spacial score (nSPS) is 10.1. The second kappa shape index (κ2) is 6.53. The van der Waals surface area contributed by atoms with Crippen molar-refractivity contribution in [3.8, 4) is 6.19 Å². The molecule has 1 aromatic heterocycles. The van der Waals surface area contributed by atoms with Gasteiger partial charge in [0.15, 0.2) is 11.2 Å². The highest BCUT2D eigenvalue weighted by atomic mass is 32.2. The minimum absolute atomic E-state index is 0.500. The Morgan fingerprint density at radius 2 is 2.20 bits per heavy atom. The molecule has 0 spiro atoms. The number of thiazole rings is 1. The SMILES string of the molecule is CSCc1csc(C(F)(F)F)n1.N#CN. The average molecular weight is 255 g/mol. The highest BCUT2D eigenvalue weighted by Crippen LogP contribution is 2.32. The Bertz CT molecular complexity index is 329. The van der Waals surface area contributed by atoms with Crippen LogP contribution < -0.4 is 5.73 Å². The number of nitrogens with zero attached hydrogens (tertiary/aromatic N) is 2. The number of aromatic nitrogens is 1. The minimum atomic E-state index is -4.29.